The van der Waals surface area contributed by atoms with Crippen LogP contribution < -0.4 is 16.0 Å². The molecule has 4 rings (SSSR count). The summed E-state index contributed by atoms with van der Waals surface area (Å²) in [6, 6.07) is 4.87. The number of rotatable bonds is 5. The highest BCUT2D eigenvalue weighted by atomic mass is 32.2. The van der Waals surface area contributed by atoms with Gasteiger partial charge in [-0.2, -0.15) is 18.2 Å². The summed E-state index contributed by atoms with van der Waals surface area (Å²) in [7, 11) is 2.05. The van der Waals surface area contributed by atoms with Gasteiger partial charge in [0.05, 0.1) is 22.7 Å². The fourth-order valence-electron chi connectivity index (χ4n) is 4.24. The Kier molecular flexibility index (Phi) is 6.99. The summed E-state index contributed by atoms with van der Waals surface area (Å²) < 4.78 is 41.3. The smallest absolute Gasteiger partial charge is 0.325 e. The van der Waals surface area contributed by atoms with Gasteiger partial charge in [-0.05, 0) is 44.9 Å². The molecular formula is C22H26F3N5O2S. The Balaban J connectivity index is 1.52. The van der Waals surface area contributed by atoms with Crippen molar-refractivity contribution >= 4 is 23.4 Å². The summed E-state index contributed by atoms with van der Waals surface area (Å²) >= 11 is 1.10. The normalized spacial score (nSPS) is 17.0. The number of carbonyl (C=O) groups is 1. The van der Waals surface area contributed by atoms with Crippen LogP contribution in [0.25, 0.3) is 0 Å². The lowest BCUT2D eigenvalue weighted by atomic mass is 9.97. The zero-order valence-electron chi connectivity index (χ0n) is 18.3. The number of amides is 1. The van der Waals surface area contributed by atoms with Gasteiger partial charge in [-0.3, -0.25) is 4.79 Å². The number of likely N-dealkylation sites (N-methyl/N-ethyl adjacent to an activating group) is 1. The maximum absolute atomic E-state index is 13.2. The van der Waals surface area contributed by atoms with Crippen molar-refractivity contribution in [2.45, 2.75) is 36.9 Å². The molecule has 2 aromatic rings. The summed E-state index contributed by atoms with van der Waals surface area (Å²) in [6.45, 7) is 3.19. The number of piperazine rings is 1. The molecule has 0 saturated carbocycles. The zero-order chi connectivity index (χ0) is 23.6. The van der Waals surface area contributed by atoms with E-state index in [4.69, 9.17) is 0 Å². The number of carbonyl (C=O) groups excluding carboxylic acids is 1. The Morgan fingerprint density at radius 1 is 1.12 bits per heavy atom. The minimum Gasteiger partial charge on any atom is -0.325 e. The van der Waals surface area contributed by atoms with E-state index in [9.17, 15) is 22.8 Å². The quantitative estimate of drug-likeness (QED) is 0.523. The number of nitrogens with one attached hydrogen (secondary N) is 1. The number of hydrogen-bond donors (Lipinski definition) is 1. The van der Waals surface area contributed by atoms with E-state index >= 15 is 0 Å². The van der Waals surface area contributed by atoms with Gasteiger partial charge in [-0.15, -0.1) is 0 Å². The van der Waals surface area contributed by atoms with E-state index in [1.165, 1.54) is 18.2 Å². The fraction of sp³-hybridized carbons (Fsp3) is 0.500. The van der Waals surface area contributed by atoms with Gasteiger partial charge in [0.1, 0.15) is 5.03 Å². The van der Waals surface area contributed by atoms with Gasteiger partial charge in [0, 0.05) is 31.7 Å². The maximum Gasteiger partial charge on any atom is 0.418 e. The molecule has 2 heterocycles. The number of halogens is 3. The van der Waals surface area contributed by atoms with E-state index in [1.807, 2.05) is 12.1 Å². The van der Waals surface area contributed by atoms with Crippen molar-refractivity contribution in [1.82, 2.24) is 14.6 Å². The van der Waals surface area contributed by atoms with Gasteiger partial charge in [-0.25, -0.2) is 9.47 Å². The Morgan fingerprint density at radius 2 is 1.82 bits per heavy atom. The Morgan fingerprint density at radius 3 is 2.55 bits per heavy atom. The first kappa shape index (κ1) is 23.6. The average molecular weight is 482 g/mol. The summed E-state index contributed by atoms with van der Waals surface area (Å²) in [4.78, 5) is 31.9. The van der Waals surface area contributed by atoms with Crippen LogP contribution in [0.2, 0.25) is 0 Å². The molecule has 11 heteroatoms. The van der Waals surface area contributed by atoms with Crippen LogP contribution in [0.4, 0.5) is 18.9 Å². The van der Waals surface area contributed by atoms with E-state index in [1.54, 1.807) is 4.68 Å². The average Bonchev–Trinajstić information content (AvgIpc) is 2.78. The van der Waals surface area contributed by atoms with Crippen molar-refractivity contribution in [2.75, 3.05) is 49.3 Å². The lowest BCUT2D eigenvalue weighted by molar-refractivity contribution is -0.137. The maximum atomic E-state index is 13.2. The minimum absolute atomic E-state index is 0.135. The van der Waals surface area contributed by atoms with Crippen LogP contribution in [0, 0.1) is 0 Å². The summed E-state index contributed by atoms with van der Waals surface area (Å²) in [5.41, 5.74) is 0.361. The SMILES string of the molecule is CN1CCN(n2c3c(c(SCC(=O)Nc4ccccc4C(F)(F)F)nc2=O)CCCC3)CC1. The van der Waals surface area contributed by atoms with Crippen molar-refractivity contribution in [3.8, 4) is 0 Å². The first-order valence-electron chi connectivity index (χ1n) is 10.9. The third kappa shape index (κ3) is 5.35. The van der Waals surface area contributed by atoms with Crippen molar-refractivity contribution in [3.63, 3.8) is 0 Å². The number of nitrogens with zero attached hydrogens (tertiary/aromatic N) is 4. The molecule has 1 aromatic carbocycles. The molecule has 178 valence electrons. The number of alkyl halides is 3. The molecule has 0 bridgehead atoms. The standard InChI is InChI=1S/C22H26F3N5O2S/c1-28-10-12-29(13-11-28)30-18-9-5-2-6-15(18)20(27-21(30)32)33-14-19(31)26-17-8-4-3-7-16(17)22(23,24)25/h3-4,7-8H,2,5-6,9-14H2,1H3,(H,26,31). The molecule has 1 aliphatic carbocycles. The molecule has 1 amide bonds. The summed E-state index contributed by atoms with van der Waals surface area (Å²) in [5, 5.41) is 4.88. The van der Waals surface area contributed by atoms with Gasteiger partial charge in [0.2, 0.25) is 5.91 Å². The lowest BCUT2D eigenvalue weighted by Crippen LogP contribution is -2.54. The molecule has 0 spiro atoms. The topological polar surface area (TPSA) is 70.5 Å². The first-order valence-corrected chi connectivity index (χ1v) is 11.9. The van der Waals surface area contributed by atoms with Gasteiger partial charge in [-0.1, -0.05) is 23.9 Å². The Hall–Kier alpha value is -2.53. The largest absolute Gasteiger partial charge is 0.418 e. The molecule has 2 aliphatic rings. The summed E-state index contributed by atoms with van der Waals surface area (Å²) in [6.07, 6.45) is -1.10. The molecule has 1 N–H and O–H groups in total. The number of fused-ring (bicyclic) bond motifs is 1. The predicted octanol–water partition coefficient (Wildman–Crippen LogP) is 2.76. The van der Waals surface area contributed by atoms with E-state index in [0.29, 0.717) is 5.03 Å². The van der Waals surface area contributed by atoms with Crippen LogP contribution in [-0.2, 0) is 23.8 Å². The molecule has 0 unspecified atom stereocenters. The lowest BCUT2D eigenvalue weighted by Gasteiger charge is -2.37. The molecule has 1 saturated heterocycles. The van der Waals surface area contributed by atoms with Gasteiger partial charge < -0.3 is 15.2 Å². The number of hydrogen-bond acceptors (Lipinski definition) is 6. The highest BCUT2D eigenvalue weighted by molar-refractivity contribution is 8.00. The van der Waals surface area contributed by atoms with Crippen LogP contribution in [-0.4, -0.2) is 59.4 Å². The highest BCUT2D eigenvalue weighted by Gasteiger charge is 2.33. The van der Waals surface area contributed by atoms with E-state index < -0.39 is 17.6 Å². The monoisotopic (exact) mass is 481 g/mol. The van der Waals surface area contributed by atoms with Gasteiger partial charge >= 0.3 is 11.9 Å². The molecule has 0 radical (unpaired) electrons. The molecule has 1 fully saturated rings. The van der Waals surface area contributed by atoms with Gasteiger partial charge in [0.15, 0.2) is 0 Å². The van der Waals surface area contributed by atoms with Crippen LogP contribution in [0.1, 0.15) is 29.7 Å². The van der Waals surface area contributed by atoms with Crippen LogP contribution in [0.3, 0.4) is 0 Å². The Bertz CT molecular complexity index is 1080. The third-order valence-corrected chi connectivity index (χ3v) is 6.96. The minimum atomic E-state index is -4.56. The third-order valence-electron chi connectivity index (χ3n) is 5.94. The van der Waals surface area contributed by atoms with Crippen molar-refractivity contribution in [2.24, 2.45) is 0 Å². The second kappa shape index (κ2) is 9.76. The number of benzene rings is 1. The predicted molar refractivity (Wildman–Crippen MR) is 121 cm³/mol. The second-order valence-corrected chi connectivity index (χ2v) is 9.24. The van der Waals surface area contributed by atoms with Crippen molar-refractivity contribution in [1.29, 1.82) is 0 Å². The molecule has 1 aromatic heterocycles. The highest BCUT2D eigenvalue weighted by Crippen LogP contribution is 2.35. The molecular weight excluding hydrogens is 455 g/mol. The van der Waals surface area contributed by atoms with E-state index in [2.05, 4.69) is 15.2 Å². The van der Waals surface area contributed by atoms with E-state index in [0.717, 1.165) is 80.9 Å². The number of aromatic nitrogens is 2. The zero-order valence-corrected chi connectivity index (χ0v) is 19.1. The molecule has 7 nitrogen and oxygen atoms in total. The van der Waals surface area contributed by atoms with Crippen LogP contribution in [0.5, 0.6) is 0 Å². The number of anilines is 1. The Labute approximate surface area is 193 Å². The molecule has 33 heavy (non-hydrogen) atoms. The number of para-hydroxylation sites is 1. The van der Waals surface area contributed by atoms with Crippen LogP contribution in [0.15, 0.2) is 34.1 Å². The molecule has 0 atom stereocenters. The number of thioether (sulfide) groups is 1. The fourth-order valence-corrected chi connectivity index (χ4v) is 5.11. The van der Waals surface area contributed by atoms with E-state index in [-0.39, 0.29) is 17.1 Å². The van der Waals surface area contributed by atoms with Crippen LogP contribution >= 0.6 is 11.8 Å². The van der Waals surface area contributed by atoms with Gasteiger partial charge in [0.25, 0.3) is 0 Å². The van der Waals surface area contributed by atoms with Crippen molar-refractivity contribution < 1.29 is 18.0 Å². The first-order chi connectivity index (χ1) is 15.7. The van der Waals surface area contributed by atoms with Crippen molar-refractivity contribution in [3.05, 3.63) is 51.6 Å². The summed E-state index contributed by atoms with van der Waals surface area (Å²) in [5.74, 6) is -0.713. The second-order valence-electron chi connectivity index (χ2n) is 8.28. The molecule has 1 aliphatic heterocycles.